The number of thioether (sulfide) groups is 1. The maximum absolute atomic E-state index is 12.0. The van der Waals surface area contributed by atoms with Gasteiger partial charge in [0, 0.05) is 24.1 Å². The largest absolute Gasteiger partial charge is 0.325 e. The molecule has 2 aromatic heterocycles. The van der Waals surface area contributed by atoms with E-state index in [1.165, 1.54) is 11.8 Å². The molecule has 0 spiro atoms. The van der Waals surface area contributed by atoms with E-state index in [0.29, 0.717) is 12.4 Å². The minimum atomic E-state index is -0.198. The zero-order chi connectivity index (χ0) is 19.8. The molecule has 0 atom stereocenters. The number of nitrogens with zero attached hydrogens (tertiary/aromatic N) is 3. The Hall–Kier alpha value is -3.13. The van der Waals surface area contributed by atoms with Crippen molar-refractivity contribution in [3.63, 3.8) is 0 Å². The summed E-state index contributed by atoms with van der Waals surface area (Å²) in [5.41, 5.74) is 2.77. The SMILES string of the molecule is Cc1ccc(NC(=O)CSCC(=O)Nc2ccn(Cc3ccccn3)n2)cc1. The number of amides is 2. The molecule has 0 aliphatic rings. The Labute approximate surface area is 167 Å². The Balaban J connectivity index is 1.38. The van der Waals surface area contributed by atoms with Gasteiger partial charge in [-0.05, 0) is 31.2 Å². The van der Waals surface area contributed by atoms with E-state index in [-0.39, 0.29) is 23.3 Å². The number of carbonyl (C=O) groups is 2. The van der Waals surface area contributed by atoms with Crippen molar-refractivity contribution in [2.24, 2.45) is 0 Å². The van der Waals surface area contributed by atoms with Crippen molar-refractivity contribution >= 4 is 35.1 Å². The van der Waals surface area contributed by atoms with Crippen molar-refractivity contribution in [3.8, 4) is 0 Å². The molecule has 0 aliphatic carbocycles. The number of rotatable bonds is 8. The van der Waals surface area contributed by atoms with Gasteiger partial charge < -0.3 is 10.6 Å². The average molecular weight is 395 g/mol. The molecule has 7 nitrogen and oxygen atoms in total. The van der Waals surface area contributed by atoms with E-state index < -0.39 is 0 Å². The molecule has 1 aromatic carbocycles. The number of hydrogen-bond donors (Lipinski definition) is 2. The normalized spacial score (nSPS) is 10.5. The number of carbonyl (C=O) groups excluding carboxylic acids is 2. The maximum atomic E-state index is 12.0. The molecular weight excluding hydrogens is 374 g/mol. The Morgan fingerprint density at radius 1 is 1.00 bits per heavy atom. The van der Waals surface area contributed by atoms with Crippen LogP contribution < -0.4 is 10.6 Å². The minimum absolute atomic E-state index is 0.138. The van der Waals surface area contributed by atoms with Crippen LogP contribution in [0.15, 0.2) is 60.9 Å². The van der Waals surface area contributed by atoms with Gasteiger partial charge in [0.15, 0.2) is 5.82 Å². The van der Waals surface area contributed by atoms with Crippen molar-refractivity contribution in [2.45, 2.75) is 13.5 Å². The zero-order valence-corrected chi connectivity index (χ0v) is 16.3. The van der Waals surface area contributed by atoms with E-state index in [9.17, 15) is 9.59 Å². The molecule has 0 fully saturated rings. The second-order valence-corrected chi connectivity index (χ2v) is 7.16. The zero-order valence-electron chi connectivity index (χ0n) is 15.5. The summed E-state index contributed by atoms with van der Waals surface area (Å²) in [5.74, 6) is 0.521. The summed E-state index contributed by atoms with van der Waals surface area (Å²) in [5, 5.41) is 9.85. The summed E-state index contributed by atoms with van der Waals surface area (Å²) in [6, 6.07) is 15.0. The van der Waals surface area contributed by atoms with Gasteiger partial charge in [0.05, 0.1) is 23.7 Å². The van der Waals surface area contributed by atoms with Crippen molar-refractivity contribution in [3.05, 3.63) is 72.2 Å². The minimum Gasteiger partial charge on any atom is -0.325 e. The molecule has 0 saturated heterocycles. The van der Waals surface area contributed by atoms with E-state index in [1.54, 1.807) is 23.1 Å². The Kier molecular flexibility index (Phi) is 6.80. The first-order chi connectivity index (χ1) is 13.6. The fraction of sp³-hybridized carbons (Fsp3) is 0.200. The molecule has 0 aliphatic heterocycles. The summed E-state index contributed by atoms with van der Waals surface area (Å²) >= 11 is 1.25. The number of nitrogens with one attached hydrogen (secondary N) is 2. The second-order valence-electron chi connectivity index (χ2n) is 6.17. The summed E-state index contributed by atoms with van der Waals surface area (Å²) < 4.78 is 1.71. The van der Waals surface area contributed by atoms with Gasteiger partial charge in [-0.1, -0.05) is 23.8 Å². The van der Waals surface area contributed by atoms with E-state index in [2.05, 4.69) is 20.7 Å². The number of benzene rings is 1. The third-order valence-electron chi connectivity index (χ3n) is 3.76. The van der Waals surface area contributed by atoms with Crippen LogP contribution in [0.2, 0.25) is 0 Å². The third-order valence-corrected chi connectivity index (χ3v) is 4.69. The first-order valence-corrected chi connectivity index (χ1v) is 9.91. The Bertz CT molecular complexity index is 925. The molecule has 2 N–H and O–H groups in total. The van der Waals surface area contributed by atoms with Crippen LogP contribution >= 0.6 is 11.8 Å². The highest BCUT2D eigenvalue weighted by Crippen LogP contribution is 2.10. The van der Waals surface area contributed by atoms with E-state index in [1.807, 2.05) is 49.4 Å². The summed E-state index contributed by atoms with van der Waals surface area (Å²) in [6.45, 7) is 2.52. The van der Waals surface area contributed by atoms with Crippen LogP contribution in [0.4, 0.5) is 11.5 Å². The molecule has 3 aromatic rings. The molecule has 2 heterocycles. The van der Waals surface area contributed by atoms with Crippen LogP contribution in [0, 0.1) is 6.92 Å². The van der Waals surface area contributed by atoms with Gasteiger partial charge >= 0.3 is 0 Å². The fourth-order valence-electron chi connectivity index (χ4n) is 2.42. The molecule has 144 valence electrons. The van der Waals surface area contributed by atoms with Gasteiger partial charge in [0.1, 0.15) is 0 Å². The molecule has 0 bridgehead atoms. The average Bonchev–Trinajstić information content (AvgIpc) is 3.11. The number of anilines is 2. The lowest BCUT2D eigenvalue weighted by molar-refractivity contribution is -0.114. The summed E-state index contributed by atoms with van der Waals surface area (Å²) in [6.07, 6.45) is 3.51. The fourth-order valence-corrected chi connectivity index (χ4v) is 3.04. The van der Waals surface area contributed by atoms with Crippen molar-refractivity contribution in [1.29, 1.82) is 0 Å². The van der Waals surface area contributed by atoms with Gasteiger partial charge in [-0.2, -0.15) is 5.10 Å². The molecule has 3 rings (SSSR count). The van der Waals surface area contributed by atoms with Crippen LogP contribution in [0.3, 0.4) is 0 Å². The highest BCUT2D eigenvalue weighted by molar-refractivity contribution is 8.00. The van der Waals surface area contributed by atoms with Gasteiger partial charge in [-0.15, -0.1) is 11.8 Å². The Morgan fingerprint density at radius 3 is 2.46 bits per heavy atom. The van der Waals surface area contributed by atoms with Gasteiger partial charge in [0.25, 0.3) is 0 Å². The third kappa shape index (κ3) is 6.24. The lowest BCUT2D eigenvalue weighted by Crippen LogP contribution is -2.18. The van der Waals surface area contributed by atoms with Crippen LogP contribution in [0.5, 0.6) is 0 Å². The van der Waals surface area contributed by atoms with Crippen molar-refractivity contribution in [1.82, 2.24) is 14.8 Å². The highest BCUT2D eigenvalue weighted by Gasteiger charge is 2.08. The topological polar surface area (TPSA) is 88.9 Å². The number of aromatic nitrogens is 3. The van der Waals surface area contributed by atoms with Crippen LogP contribution in [0.25, 0.3) is 0 Å². The quantitative estimate of drug-likeness (QED) is 0.612. The van der Waals surface area contributed by atoms with E-state index >= 15 is 0 Å². The molecule has 0 radical (unpaired) electrons. The molecular formula is C20H21N5O2S. The van der Waals surface area contributed by atoms with Crippen LogP contribution in [0.1, 0.15) is 11.3 Å². The second kappa shape index (κ2) is 9.70. The van der Waals surface area contributed by atoms with Crippen LogP contribution in [-0.2, 0) is 16.1 Å². The molecule has 0 saturated carbocycles. The Morgan fingerprint density at radius 2 is 1.75 bits per heavy atom. The molecule has 0 unspecified atom stereocenters. The predicted octanol–water partition coefficient (Wildman–Crippen LogP) is 2.95. The van der Waals surface area contributed by atoms with Gasteiger partial charge in [0.2, 0.25) is 11.8 Å². The first-order valence-electron chi connectivity index (χ1n) is 8.76. The van der Waals surface area contributed by atoms with Crippen molar-refractivity contribution < 1.29 is 9.59 Å². The monoisotopic (exact) mass is 395 g/mol. The highest BCUT2D eigenvalue weighted by atomic mass is 32.2. The van der Waals surface area contributed by atoms with Crippen LogP contribution in [-0.4, -0.2) is 38.1 Å². The number of hydrogen-bond acceptors (Lipinski definition) is 5. The van der Waals surface area contributed by atoms with Gasteiger partial charge in [-0.25, -0.2) is 0 Å². The van der Waals surface area contributed by atoms with E-state index in [4.69, 9.17) is 0 Å². The lowest BCUT2D eigenvalue weighted by Gasteiger charge is -2.06. The number of pyridine rings is 1. The standard InChI is InChI=1S/C20H21N5O2S/c1-15-5-7-16(8-6-15)22-19(26)13-28-14-20(27)23-18-9-11-25(24-18)12-17-4-2-3-10-21-17/h2-11H,12-14H2,1H3,(H,22,26)(H,23,24,27). The number of aryl methyl sites for hydroxylation is 1. The summed E-state index contributed by atoms with van der Waals surface area (Å²) in [4.78, 5) is 28.2. The lowest BCUT2D eigenvalue weighted by atomic mass is 10.2. The summed E-state index contributed by atoms with van der Waals surface area (Å²) in [7, 11) is 0. The van der Waals surface area contributed by atoms with Gasteiger partial charge in [-0.3, -0.25) is 19.3 Å². The predicted molar refractivity (Wildman–Crippen MR) is 111 cm³/mol. The maximum Gasteiger partial charge on any atom is 0.235 e. The molecule has 28 heavy (non-hydrogen) atoms. The smallest absolute Gasteiger partial charge is 0.235 e. The first kappa shape index (κ1) is 19.6. The molecule has 2 amide bonds. The molecule has 8 heteroatoms. The van der Waals surface area contributed by atoms with E-state index in [0.717, 1.165) is 16.9 Å². The van der Waals surface area contributed by atoms with Crippen molar-refractivity contribution in [2.75, 3.05) is 22.1 Å².